The van der Waals surface area contributed by atoms with Crippen molar-refractivity contribution in [2.45, 2.75) is 38.8 Å². The molecule has 1 unspecified atom stereocenters. The Labute approximate surface area is 125 Å². The highest BCUT2D eigenvalue weighted by atomic mass is 32.1. The Morgan fingerprint density at radius 1 is 1.35 bits per heavy atom. The maximum absolute atomic E-state index is 6.00. The molecule has 2 heterocycles. The fourth-order valence-corrected chi connectivity index (χ4v) is 2.97. The largest absolute Gasteiger partial charge is 0.370 e. The summed E-state index contributed by atoms with van der Waals surface area (Å²) in [5.74, 6) is 0. The van der Waals surface area contributed by atoms with E-state index in [1.165, 1.54) is 4.88 Å². The fourth-order valence-electron chi connectivity index (χ4n) is 2.15. The van der Waals surface area contributed by atoms with Crippen LogP contribution in [0, 0.1) is 0 Å². The topological polar surface area (TPSA) is 42.1 Å². The molecule has 108 valence electrons. The first-order valence-electron chi connectivity index (χ1n) is 7.08. The van der Waals surface area contributed by atoms with E-state index in [2.05, 4.69) is 54.4 Å². The van der Waals surface area contributed by atoms with Crippen LogP contribution in [0.1, 0.15) is 36.9 Å². The van der Waals surface area contributed by atoms with Crippen molar-refractivity contribution in [3.8, 4) is 0 Å². The molecule has 2 atom stereocenters. The number of hydrogen-bond acceptors (Lipinski definition) is 4. The molecule has 0 aliphatic carbocycles. The molecule has 2 aromatic rings. The molecule has 0 aliphatic rings. The molecule has 0 amide bonds. The third-order valence-electron chi connectivity index (χ3n) is 3.74. The summed E-state index contributed by atoms with van der Waals surface area (Å²) < 4.78 is 0. The summed E-state index contributed by atoms with van der Waals surface area (Å²) in [6, 6.07) is 8.94. The van der Waals surface area contributed by atoms with Gasteiger partial charge in [0.25, 0.3) is 0 Å². The summed E-state index contributed by atoms with van der Waals surface area (Å²) >= 11 is 1.81. The van der Waals surface area contributed by atoms with E-state index in [-0.39, 0.29) is 6.04 Å². The first-order chi connectivity index (χ1) is 9.61. The van der Waals surface area contributed by atoms with Gasteiger partial charge < -0.3 is 10.6 Å². The van der Waals surface area contributed by atoms with E-state index in [9.17, 15) is 0 Å². The molecule has 2 aromatic heterocycles. The molecular formula is C16H23N3S. The number of anilines is 1. The van der Waals surface area contributed by atoms with Gasteiger partial charge in [0.2, 0.25) is 0 Å². The van der Waals surface area contributed by atoms with Gasteiger partial charge in [-0.25, -0.2) is 0 Å². The van der Waals surface area contributed by atoms with Crippen molar-refractivity contribution >= 4 is 17.0 Å². The minimum Gasteiger partial charge on any atom is -0.370 e. The Morgan fingerprint density at radius 3 is 2.70 bits per heavy atom. The van der Waals surface area contributed by atoms with E-state index >= 15 is 0 Å². The van der Waals surface area contributed by atoms with Crippen LogP contribution in [0.25, 0.3) is 0 Å². The van der Waals surface area contributed by atoms with Crippen LogP contribution < -0.4 is 10.6 Å². The summed E-state index contributed by atoms with van der Waals surface area (Å²) in [5, 5.41) is 2.13. The number of aromatic nitrogens is 1. The molecule has 0 fully saturated rings. The second-order valence-corrected chi connectivity index (χ2v) is 6.23. The number of likely N-dealkylation sites (N-methyl/N-ethyl adjacent to an activating group) is 1. The molecule has 0 spiro atoms. The minimum atomic E-state index is 0.0397. The lowest BCUT2D eigenvalue weighted by atomic mass is 10.1. The summed E-state index contributed by atoms with van der Waals surface area (Å²) in [7, 11) is 2.12. The van der Waals surface area contributed by atoms with Crippen molar-refractivity contribution < 1.29 is 0 Å². The van der Waals surface area contributed by atoms with Crippen molar-refractivity contribution in [2.24, 2.45) is 5.73 Å². The van der Waals surface area contributed by atoms with Crippen LogP contribution in [0.2, 0.25) is 0 Å². The molecule has 0 saturated heterocycles. The summed E-state index contributed by atoms with van der Waals surface area (Å²) in [5.41, 5.74) is 8.10. The SMILES string of the molecule is CC[C@@H](N)c1ccc(N(C)C(C)Cc2cccs2)cn1. The van der Waals surface area contributed by atoms with Crippen LogP contribution in [-0.2, 0) is 6.42 Å². The van der Waals surface area contributed by atoms with Crippen molar-refractivity contribution in [1.29, 1.82) is 0 Å². The zero-order valence-corrected chi connectivity index (χ0v) is 13.2. The molecule has 0 saturated carbocycles. The molecule has 0 radical (unpaired) electrons. The van der Waals surface area contributed by atoms with Crippen LogP contribution in [-0.4, -0.2) is 18.1 Å². The van der Waals surface area contributed by atoms with Gasteiger partial charge in [-0.2, -0.15) is 0 Å². The molecular weight excluding hydrogens is 266 g/mol. The number of rotatable bonds is 6. The molecule has 0 aromatic carbocycles. The number of nitrogens with zero attached hydrogens (tertiary/aromatic N) is 2. The van der Waals surface area contributed by atoms with Gasteiger partial charge >= 0.3 is 0 Å². The van der Waals surface area contributed by atoms with Gasteiger partial charge in [-0.1, -0.05) is 13.0 Å². The highest BCUT2D eigenvalue weighted by Gasteiger charge is 2.12. The molecule has 3 nitrogen and oxygen atoms in total. The predicted octanol–water partition coefficient (Wildman–Crippen LogP) is 3.62. The normalized spacial score (nSPS) is 14.0. The molecule has 0 aliphatic heterocycles. The highest BCUT2D eigenvalue weighted by molar-refractivity contribution is 7.09. The Hall–Kier alpha value is -1.39. The molecule has 4 heteroatoms. The Bertz CT molecular complexity index is 507. The van der Waals surface area contributed by atoms with Crippen LogP contribution in [0.4, 0.5) is 5.69 Å². The fraction of sp³-hybridized carbons (Fsp3) is 0.438. The van der Waals surface area contributed by atoms with Crippen molar-refractivity contribution in [3.63, 3.8) is 0 Å². The number of hydrogen-bond donors (Lipinski definition) is 1. The van der Waals surface area contributed by atoms with Gasteiger partial charge in [0.15, 0.2) is 0 Å². The van der Waals surface area contributed by atoms with Crippen LogP contribution in [0.5, 0.6) is 0 Å². The van der Waals surface area contributed by atoms with Gasteiger partial charge in [0.1, 0.15) is 0 Å². The van der Waals surface area contributed by atoms with E-state index in [0.29, 0.717) is 6.04 Å². The molecule has 0 bridgehead atoms. The first kappa shape index (κ1) is 15.0. The minimum absolute atomic E-state index is 0.0397. The van der Waals surface area contributed by atoms with Crippen molar-refractivity contribution in [2.75, 3.05) is 11.9 Å². The zero-order chi connectivity index (χ0) is 14.5. The lowest BCUT2D eigenvalue weighted by Crippen LogP contribution is -2.30. The van der Waals surface area contributed by atoms with E-state index in [4.69, 9.17) is 5.73 Å². The quantitative estimate of drug-likeness (QED) is 0.883. The van der Waals surface area contributed by atoms with Gasteiger partial charge in [0.05, 0.1) is 17.6 Å². The van der Waals surface area contributed by atoms with Crippen LogP contribution in [0.3, 0.4) is 0 Å². The molecule has 20 heavy (non-hydrogen) atoms. The maximum atomic E-state index is 6.00. The maximum Gasteiger partial charge on any atom is 0.0572 e. The highest BCUT2D eigenvalue weighted by Crippen LogP contribution is 2.20. The number of pyridine rings is 1. The van der Waals surface area contributed by atoms with Crippen molar-refractivity contribution in [3.05, 3.63) is 46.4 Å². The first-order valence-corrected chi connectivity index (χ1v) is 7.96. The van der Waals surface area contributed by atoms with E-state index in [1.54, 1.807) is 0 Å². The second-order valence-electron chi connectivity index (χ2n) is 5.20. The Kier molecular flexibility index (Phi) is 5.15. The standard InChI is InChI=1S/C16H23N3S/c1-4-15(17)16-8-7-13(11-18-16)19(3)12(2)10-14-6-5-9-20-14/h5-9,11-12,15H,4,10,17H2,1-3H3/t12?,15-/m1/s1. The van der Waals surface area contributed by atoms with E-state index in [1.807, 2.05) is 23.6 Å². The van der Waals surface area contributed by atoms with Gasteiger partial charge in [-0.3, -0.25) is 4.98 Å². The van der Waals surface area contributed by atoms with Gasteiger partial charge in [-0.05, 0) is 36.9 Å². The second kappa shape index (κ2) is 6.86. The van der Waals surface area contributed by atoms with Gasteiger partial charge in [-0.15, -0.1) is 11.3 Å². The zero-order valence-electron chi connectivity index (χ0n) is 12.4. The lowest BCUT2D eigenvalue weighted by molar-refractivity contribution is 0.668. The number of nitrogens with two attached hydrogens (primary N) is 1. The Balaban J connectivity index is 2.02. The van der Waals surface area contributed by atoms with E-state index < -0.39 is 0 Å². The van der Waals surface area contributed by atoms with Crippen LogP contribution >= 0.6 is 11.3 Å². The summed E-state index contributed by atoms with van der Waals surface area (Å²) in [6.07, 6.45) is 3.90. The van der Waals surface area contributed by atoms with Gasteiger partial charge in [0, 0.05) is 30.4 Å². The molecule has 2 rings (SSSR count). The number of thiophene rings is 1. The lowest BCUT2D eigenvalue weighted by Gasteiger charge is -2.26. The monoisotopic (exact) mass is 289 g/mol. The predicted molar refractivity (Wildman–Crippen MR) is 87.3 cm³/mol. The molecule has 2 N–H and O–H groups in total. The third-order valence-corrected chi connectivity index (χ3v) is 4.63. The smallest absolute Gasteiger partial charge is 0.0572 e. The van der Waals surface area contributed by atoms with E-state index in [0.717, 1.165) is 24.2 Å². The average molecular weight is 289 g/mol. The Morgan fingerprint density at radius 2 is 2.15 bits per heavy atom. The summed E-state index contributed by atoms with van der Waals surface area (Å²) in [6.45, 7) is 4.32. The third kappa shape index (κ3) is 3.58. The average Bonchev–Trinajstić information content (AvgIpc) is 2.98. The van der Waals surface area contributed by atoms with Crippen LogP contribution in [0.15, 0.2) is 35.8 Å². The summed E-state index contributed by atoms with van der Waals surface area (Å²) in [4.78, 5) is 8.18. The van der Waals surface area contributed by atoms with Crippen molar-refractivity contribution in [1.82, 2.24) is 4.98 Å².